The standard InChI is InChI=1S/C13H21NOS/c1-15-12-6-9-4-10(7-12)13(11(5-9)8-12)14-2-3-16-13/h9-11,14H,2-8H2,1H3/t9?,10-,11+,12?,13?. The molecule has 1 spiro atoms. The number of nitrogens with one attached hydrogen (secondary N) is 1. The molecule has 2 nitrogen and oxygen atoms in total. The zero-order valence-electron chi connectivity index (χ0n) is 10.00. The van der Waals surface area contributed by atoms with Crippen molar-refractivity contribution in [2.24, 2.45) is 17.8 Å². The van der Waals surface area contributed by atoms with Gasteiger partial charge in [0.25, 0.3) is 0 Å². The summed E-state index contributed by atoms with van der Waals surface area (Å²) in [6, 6.07) is 0. The molecular weight excluding hydrogens is 218 g/mol. The molecule has 4 saturated carbocycles. The Morgan fingerprint density at radius 1 is 1.19 bits per heavy atom. The molecule has 0 radical (unpaired) electrons. The molecular formula is C13H21NOS. The van der Waals surface area contributed by atoms with Gasteiger partial charge in [-0.25, -0.2) is 0 Å². The van der Waals surface area contributed by atoms with Crippen LogP contribution in [-0.4, -0.2) is 29.9 Å². The second kappa shape index (κ2) is 3.18. The van der Waals surface area contributed by atoms with E-state index in [1.54, 1.807) is 0 Å². The molecule has 5 aliphatic rings. The smallest absolute Gasteiger partial charge is 0.0705 e. The molecule has 1 heterocycles. The van der Waals surface area contributed by atoms with E-state index < -0.39 is 0 Å². The Hall–Kier alpha value is 0.270. The minimum atomic E-state index is 0.270. The van der Waals surface area contributed by atoms with Crippen LogP contribution >= 0.6 is 11.8 Å². The van der Waals surface area contributed by atoms with Crippen molar-refractivity contribution in [2.45, 2.75) is 42.6 Å². The summed E-state index contributed by atoms with van der Waals surface area (Å²) in [5, 5.41) is 3.86. The second-order valence-corrected chi connectivity index (χ2v) is 7.67. The van der Waals surface area contributed by atoms with Crippen LogP contribution < -0.4 is 5.32 Å². The van der Waals surface area contributed by atoms with Crippen molar-refractivity contribution >= 4 is 11.8 Å². The minimum absolute atomic E-state index is 0.270. The van der Waals surface area contributed by atoms with Gasteiger partial charge in [-0.3, -0.25) is 0 Å². The molecule has 0 aromatic heterocycles. The third-order valence-corrected chi connectivity index (χ3v) is 7.32. The lowest BCUT2D eigenvalue weighted by Gasteiger charge is -2.63. The number of hydrogen-bond donors (Lipinski definition) is 1. The van der Waals surface area contributed by atoms with E-state index in [2.05, 4.69) is 17.1 Å². The topological polar surface area (TPSA) is 21.3 Å². The highest BCUT2D eigenvalue weighted by molar-refractivity contribution is 8.00. The molecule has 4 bridgehead atoms. The van der Waals surface area contributed by atoms with Crippen molar-refractivity contribution in [3.63, 3.8) is 0 Å². The van der Waals surface area contributed by atoms with E-state index in [-0.39, 0.29) is 5.60 Å². The van der Waals surface area contributed by atoms with E-state index in [0.717, 1.165) is 17.8 Å². The first-order chi connectivity index (χ1) is 7.76. The predicted octanol–water partition coefficient (Wildman–Crippen LogP) is 2.24. The third kappa shape index (κ3) is 1.12. The molecule has 0 aromatic carbocycles. The fourth-order valence-electron chi connectivity index (χ4n) is 5.19. The van der Waals surface area contributed by atoms with Gasteiger partial charge in [-0.05, 0) is 49.9 Å². The normalized spacial score (nSPS) is 58.7. The molecule has 16 heavy (non-hydrogen) atoms. The first-order valence-corrected chi connectivity index (χ1v) is 7.69. The van der Waals surface area contributed by atoms with Crippen LogP contribution in [0.4, 0.5) is 0 Å². The first-order valence-electron chi connectivity index (χ1n) is 6.70. The van der Waals surface area contributed by atoms with Gasteiger partial charge in [-0.2, -0.15) is 0 Å². The Kier molecular flexibility index (Phi) is 2.03. The van der Waals surface area contributed by atoms with Crippen LogP contribution in [0.1, 0.15) is 32.1 Å². The summed E-state index contributed by atoms with van der Waals surface area (Å²) >= 11 is 2.22. The minimum Gasteiger partial charge on any atom is -0.378 e. The summed E-state index contributed by atoms with van der Waals surface area (Å²) in [7, 11) is 1.94. The van der Waals surface area contributed by atoms with E-state index in [4.69, 9.17) is 4.74 Å². The molecule has 3 heteroatoms. The van der Waals surface area contributed by atoms with E-state index in [1.807, 2.05) is 7.11 Å². The quantitative estimate of drug-likeness (QED) is 0.758. The average molecular weight is 239 g/mol. The van der Waals surface area contributed by atoms with Crippen molar-refractivity contribution in [1.29, 1.82) is 0 Å². The molecule has 0 aromatic rings. The lowest BCUT2D eigenvalue weighted by molar-refractivity contribution is -0.163. The van der Waals surface area contributed by atoms with Gasteiger partial charge in [-0.15, -0.1) is 11.8 Å². The molecule has 1 aliphatic heterocycles. The molecule has 90 valence electrons. The number of thioether (sulfide) groups is 1. The second-order valence-electron chi connectivity index (χ2n) is 6.30. The maximum absolute atomic E-state index is 5.92. The van der Waals surface area contributed by atoms with Gasteiger partial charge >= 0.3 is 0 Å². The van der Waals surface area contributed by atoms with Crippen LogP contribution in [-0.2, 0) is 4.74 Å². The Labute approximate surface area is 102 Å². The summed E-state index contributed by atoms with van der Waals surface area (Å²) in [6.45, 7) is 1.22. The van der Waals surface area contributed by atoms with Crippen LogP contribution in [0.5, 0.6) is 0 Å². The van der Waals surface area contributed by atoms with Gasteiger partial charge in [0, 0.05) is 19.4 Å². The van der Waals surface area contributed by atoms with E-state index in [1.165, 1.54) is 44.4 Å². The highest BCUT2D eigenvalue weighted by atomic mass is 32.2. The highest BCUT2D eigenvalue weighted by Gasteiger charge is 2.63. The molecule has 4 aliphatic carbocycles. The Morgan fingerprint density at radius 2 is 1.94 bits per heavy atom. The predicted molar refractivity (Wildman–Crippen MR) is 66.5 cm³/mol. The SMILES string of the molecule is COC12CC3C[C@H](C1)C1(NCCS1)[C@@H](C3)C2. The summed E-state index contributed by atoms with van der Waals surface area (Å²) in [6.07, 6.45) is 6.90. The summed E-state index contributed by atoms with van der Waals surface area (Å²) in [4.78, 5) is 0.457. The molecule has 5 atom stereocenters. The van der Waals surface area contributed by atoms with E-state index in [9.17, 15) is 0 Å². The van der Waals surface area contributed by atoms with Crippen molar-refractivity contribution < 1.29 is 4.74 Å². The first kappa shape index (κ1) is 10.2. The Morgan fingerprint density at radius 3 is 2.50 bits per heavy atom. The fraction of sp³-hybridized carbons (Fsp3) is 1.00. The van der Waals surface area contributed by atoms with Crippen molar-refractivity contribution in [2.75, 3.05) is 19.4 Å². The summed E-state index contributed by atoms with van der Waals surface area (Å²) in [5.74, 6) is 4.04. The van der Waals surface area contributed by atoms with Crippen molar-refractivity contribution in [3.8, 4) is 0 Å². The summed E-state index contributed by atoms with van der Waals surface area (Å²) in [5.41, 5.74) is 0.270. The summed E-state index contributed by atoms with van der Waals surface area (Å²) < 4.78 is 5.92. The molecule has 5 rings (SSSR count). The lowest BCUT2D eigenvalue weighted by Crippen LogP contribution is -2.66. The van der Waals surface area contributed by atoms with E-state index >= 15 is 0 Å². The zero-order chi connectivity index (χ0) is 10.8. The number of hydrogen-bond acceptors (Lipinski definition) is 3. The molecule has 1 saturated heterocycles. The van der Waals surface area contributed by atoms with Gasteiger partial charge in [0.2, 0.25) is 0 Å². The molecule has 1 N–H and O–H groups in total. The zero-order valence-corrected chi connectivity index (χ0v) is 10.8. The van der Waals surface area contributed by atoms with Gasteiger partial charge in [-0.1, -0.05) is 0 Å². The van der Waals surface area contributed by atoms with Crippen LogP contribution in [0, 0.1) is 17.8 Å². The number of ether oxygens (including phenoxy) is 1. The van der Waals surface area contributed by atoms with Gasteiger partial charge in [0.05, 0.1) is 10.5 Å². The fourth-order valence-corrected chi connectivity index (χ4v) is 6.76. The van der Waals surface area contributed by atoms with E-state index in [0.29, 0.717) is 4.87 Å². The van der Waals surface area contributed by atoms with Crippen LogP contribution in [0.15, 0.2) is 0 Å². The maximum Gasteiger partial charge on any atom is 0.0705 e. The van der Waals surface area contributed by atoms with Crippen LogP contribution in [0.3, 0.4) is 0 Å². The monoisotopic (exact) mass is 239 g/mol. The van der Waals surface area contributed by atoms with Gasteiger partial charge in [0.1, 0.15) is 0 Å². The average Bonchev–Trinajstić information content (AvgIpc) is 2.75. The van der Waals surface area contributed by atoms with Crippen LogP contribution in [0.25, 0.3) is 0 Å². The lowest BCUT2D eigenvalue weighted by atomic mass is 9.51. The molecule has 5 fully saturated rings. The highest BCUT2D eigenvalue weighted by Crippen LogP contribution is 2.64. The Balaban J connectivity index is 1.72. The largest absolute Gasteiger partial charge is 0.378 e. The number of methoxy groups -OCH3 is 1. The maximum atomic E-state index is 5.92. The van der Waals surface area contributed by atoms with Crippen molar-refractivity contribution in [3.05, 3.63) is 0 Å². The van der Waals surface area contributed by atoms with Crippen LogP contribution in [0.2, 0.25) is 0 Å². The molecule has 3 unspecified atom stereocenters. The van der Waals surface area contributed by atoms with Crippen molar-refractivity contribution in [1.82, 2.24) is 5.32 Å². The molecule has 0 amide bonds. The number of rotatable bonds is 1. The van der Waals surface area contributed by atoms with Gasteiger partial charge < -0.3 is 10.1 Å². The Bertz CT molecular complexity index is 295. The third-order valence-electron chi connectivity index (χ3n) is 5.62. The van der Waals surface area contributed by atoms with Gasteiger partial charge in [0.15, 0.2) is 0 Å².